The molecule has 1 unspecified atom stereocenters. The first kappa shape index (κ1) is 17.3. The Bertz CT molecular complexity index is 759. The number of carbonyl (C=O) groups excluding carboxylic acids is 1. The molecule has 1 aromatic rings. The second kappa shape index (κ2) is 6.20. The van der Waals surface area contributed by atoms with Gasteiger partial charge in [0.2, 0.25) is 0 Å². The van der Waals surface area contributed by atoms with E-state index in [4.69, 9.17) is 0 Å². The number of allylic oxidation sites excluding steroid dienone is 1. The lowest BCUT2D eigenvalue weighted by Crippen LogP contribution is -2.32. The van der Waals surface area contributed by atoms with Crippen molar-refractivity contribution in [1.29, 1.82) is 5.26 Å². The van der Waals surface area contributed by atoms with Crippen LogP contribution in [0.4, 0.5) is 13.2 Å². The fourth-order valence-electron chi connectivity index (χ4n) is 2.85. The van der Waals surface area contributed by atoms with Gasteiger partial charge in [-0.3, -0.25) is 4.79 Å². The highest BCUT2D eigenvalue weighted by atomic mass is 32.1. The monoisotopic (exact) mass is 338 g/mol. The molecule has 1 aliphatic heterocycles. The van der Waals surface area contributed by atoms with E-state index in [-0.39, 0.29) is 21.9 Å². The van der Waals surface area contributed by atoms with Crippen molar-refractivity contribution in [2.75, 3.05) is 0 Å². The van der Waals surface area contributed by atoms with Gasteiger partial charge >= 0.3 is 6.18 Å². The third-order valence-corrected chi connectivity index (χ3v) is 4.12. The van der Waals surface area contributed by atoms with Crippen molar-refractivity contribution in [2.24, 2.45) is 10.9 Å². The molecule has 0 amide bonds. The Morgan fingerprint density at radius 3 is 2.48 bits per heavy atom. The first-order chi connectivity index (χ1) is 10.7. The molecular weight excluding hydrogens is 325 g/mol. The Hall–Kier alpha value is -2.07. The normalized spacial score (nSPS) is 21.7. The van der Waals surface area contributed by atoms with E-state index >= 15 is 0 Å². The minimum Gasteiger partial charge on any atom is -0.299 e. The molecule has 1 aromatic carbocycles. The van der Waals surface area contributed by atoms with Gasteiger partial charge in [0.25, 0.3) is 0 Å². The van der Waals surface area contributed by atoms with E-state index in [9.17, 15) is 23.2 Å². The number of hydrogen-bond donors (Lipinski definition) is 1. The zero-order valence-electron chi connectivity index (χ0n) is 12.3. The Labute approximate surface area is 136 Å². The zero-order valence-corrected chi connectivity index (χ0v) is 13.2. The van der Waals surface area contributed by atoms with Crippen LogP contribution >= 0.6 is 12.6 Å². The lowest BCUT2D eigenvalue weighted by molar-refractivity contribution is -0.138. The van der Waals surface area contributed by atoms with Gasteiger partial charge in [-0.05, 0) is 25.5 Å². The number of alkyl halides is 3. The molecule has 3 nitrogen and oxygen atoms in total. The van der Waals surface area contributed by atoms with Gasteiger partial charge in [0.05, 0.1) is 23.1 Å². The molecule has 0 radical (unpaired) electrons. The molecule has 0 bridgehead atoms. The molecular formula is C16H13F3N2OS. The maximum Gasteiger partial charge on any atom is 0.416 e. The Morgan fingerprint density at radius 1 is 1.35 bits per heavy atom. The third-order valence-electron chi connectivity index (χ3n) is 3.78. The van der Waals surface area contributed by atoms with E-state index in [1.165, 1.54) is 25.1 Å². The van der Waals surface area contributed by atoms with E-state index < -0.39 is 23.6 Å². The SMILES string of the molecule is CC(=O)C1C(C)=NC(S)=C(C#N)[C@@H]1c1ccccc1C(F)(F)F. The number of carbonyl (C=O) groups is 1. The van der Waals surface area contributed by atoms with Crippen molar-refractivity contribution < 1.29 is 18.0 Å². The molecule has 0 aliphatic carbocycles. The highest BCUT2D eigenvalue weighted by Crippen LogP contribution is 2.44. The van der Waals surface area contributed by atoms with E-state index in [1.807, 2.05) is 6.07 Å². The number of ketones is 1. The molecule has 2 atom stereocenters. The van der Waals surface area contributed by atoms with Gasteiger partial charge in [-0.2, -0.15) is 18.4 Å². The molecule has 23 heavy (non-hydrogen) atoms. The summed E-state index contributed by atoms with van der Waals surface area (Å²) >= 11 is 4.10. The van der Waals surface area contributed by atoms with Crippen LogP contribution in [-0.4, -0.2) is 11.5 Å². The molecule has 120 valence electrons. The standard InChI is InChI=1S/C16H13F3N2OS/c1-8-13(9(2)22)14(11(7-20)15(23)21-8)10-5-3-4-6-12(10)16(17,18)19/h3-6,13-14,23H,1-2H3/t13?,14-/m0/s1. The summed E-state index contributed by atoms with van der Waals surface area (Å²) in [6, 6.07) is 6.83. The van der Waals surface area contributed by atoms with Gasteiger partial charge in [0.1, 0.15) is 10.8 Å². The highest BCUT2D eigenvalue weighted by molar-refractivity contribution is 7.84. The fraction of sp³-hybridized carbons (Fsp3) is 0.312. The molecule has 0 N–H and O–H groups in total. The van der Waals surface area contributed by atoms with Crippen LogP contribution in [0.5, 0.6) is 0 Å². The molecule has 1 aliphatic rings. The number of nitriles is 1. The number of halogens is 3. The first-order valence-electron chi connectivity index (χ1n) is 6.73. The second-order valence-electron chi connectivity index (χ2n) is 5.25. The Morgan fingerprint density at radius 2 is 1.96 bits per heavy atom. The topological polar surface area (TPSA) is 53.2 Å². The van der Waals surface area contributed by atoms with E-state index in [0.717, 1.165) is 6.07 Å². The van der Waals surface area contributed by atoms with Gasteiger partial charge < -0.3 is 0 Å². The average Bonchev–Trinajstić information content (AvgIpc) is 2.45. The second-order valence-corrected chi connectivity index (χ2v) is 5.68. The van der Waals surface area contributed by atoms with Crippen molar-refractivity contribution in [3.05, 3.63) is 46.0 Å². The van der Waals surface area contributed by atoms with Crippen molar-refractivity contribution in [1.82, 2.24) is 0 Å². The van der Waals surface area contributed by atoms with Crippen molar-refractivity contribution in [3.8, 4) is 6.07 Å². The molecule has 0 saturated heterocycles. The average molecular weight is 338 g/mol. The quantitative estimate of drug-likeness (QED) is 0.824. The number of thiol groups is 1. The largest absolute Gasteiger partial charge is 0.416 e. The minimum atomic E-state index is -4.59. The smallest absolute Gasteiger partial charge is 0.299 e. The van der Waals surface area contributed by atoms with Crippen LogP contribution in [0.15, 0.2) is 39.9 Å². The van der Waals surface area contributed by atoms with Crippen LogP contribution in [0.3, 0.4) is 0 Å². The summed E-state index contributed by atoms with van der Waals surface area (Å²) in [5, 5.41) is 9.40. The number of aliphatic imine (C=N–C) groups is 1. The summed E-state index contributed by atoms with van der Waals surface area (Å²) in [5.41, 5.74) is -0.656. The van der Waals surface area contributed by atoms with Crippen LogP contribution in [0.1, 0.15) is 30.9 Å². The summed E-state index contributed by atoms with van der Waals surface area (Å²) in [6.07, 6.45) is -4.59. The Balaban J connectivity index is 2.76. The van der Waals surface area contributed by atoms with Crippen LogP contribution in [0, 0.1) is 17.2 Å². The summed E-state index contributed by atoms with van der Waals surface area (Å²) < 4.78 is 40.0. The minimum absolute atomic E-state index is 0.0316. The number of nitrogens with zero attached hydrogens (tertiary/aromatic N) is 2. The van der Waals surface area contributed by atoms with Crippen LogP contribution < -0.4 is 0 Å². The van der Waals surface area contributed by atoms with Gasteiger partial charge in [-0.15, -0.1) is 12.6 Å². The number of Topliss-reactive ketones (excluding diaryl/α,β-unsaturated/α-hetero) is 1. The zero-order chi connectivity index (χ0) is 17.4. The van der Waals surface area contributed by atoms with E-state index in [1.54, 1.807) is 6.92 Å². The van der Waals surface area contributed by atoms with Crippen molar-refractivity contribution >= 4 is 24.1 Å². The molecule has 2 rings (SSSR count). The summed E-state index contributed by atoms with van der Waals surface area (Å²) in [6.45, 7) is 2.84. The highest BCUT2D eigenvalue weighted by Gasteiger charge is 2.42. The number of benzene rings is 1. The van der Waals surface area contributed by atoms with Crippen molar-refractivity contribution in [3.63, 3.8) is 0 Å². The number of hydrogen-bond acceptors (Lipinski definition) is 4. The molecule has 0 spiro atoms. The van der Waals surface area contributed by atoms with Crippen molar-refractivity contribution in [2.45, 2.75) is 25.9 Å². The van der Waals surface area contributed by atoms with E-state index in [0.29, 0.717) is 5.71 Å². The van der Waals surface area contributed by atoms with Gasteiger partial charge in [0, 0.05) is 11.6 Å². The molecule has 0 saturated carbocycles. The van der Waals surface area contributed by atoms with Crippen LogP contribution in [0.25, 0.3) is 0 Å². The Kier molecular flexibility index (Phi) is 4.66. The number of rotatable bonds is 2. The molecule has 7 heteroatoms. The lowest BCUT2D eigenvalue weighted by atomic mass is 9.74. The summed E-state index contributed by atoms with van der Waals surface area (Å²) in [7, 11) is 0. The van der Waals surface area contributed by atoms with Gasteiger partial charge in [-0.25, -0.2) is 4.99 Å². The maximum absolute atomic E-state index is 13.3. The van der Waals surface area contributed by atoms with Crippen LogP contribution in [0.2, 0.25) is 0 Å². The van der Waals surface area contributed by atoms with Gasteiger partial charge in [0.15, 0.2) is 0 Å². The summed E-state index contributed by atoms with van der Waals surface area (Å²) in [5.74, 6) is -2.30. The maximum atomic E-state index is 13.3. The molecule has 0 fully saturated rings. The third kappa shape index (κ3) is 3.17. The lowest BCUT2D eigenvalue weighted by Gasteiger charge is -2.31. The van der Waals surface area contributed by atoms with Crippen LogP contribution in [-0.2, 0) is 11.0 Å². The predicted molar refractivity (Wildman–Crippen MR) is 83.1 cm³/mol. The van der Waals surface area contributed by atoms with Gasteiger partial charge in [-0.1, -0.05) is 18.2 Å². The predicted octanol–water partition coefficient (Wildman–Crippen LogP) is 4.13. The summed E-state index contributed by atoms with van der Waals surface area (Å²) in [4.78, 5) is 16.0. The van der Waals surface area contributed by atoms with E-state index in [2.05, 4.69) is 17.6 Å². The first-order valence-corrected chi connectivity index (χ1v) is 7.18. The molecule has 0 aromatic heterocycles. The molecule has 1 heterocycles. The fourth-order valence-corrected chi connectivity index (χ4v) is 3.20.